The van der Waals surface area contributed by atoms with Gasteiger partial charge in [0.2, 0.25) is 0 Å². The molecule has 0 spiro atoms. The van der Waals surface area contributed by atoms with Crippen LogP contribution in [0.3, 0.4) is 0 Å². The van der Waals surface area contributed by atoms with Crippen molar-refractivity contribution in [2.45, 2.75) is 13.0 Å². The van der Waals surface area contributed by atoms with Gasteiger partial charge in [-0.1, -0.05) is 18.2 Å². The van der Waals surface area contributed by atoms with Crippen LogP contribution in [0.2, 0.25) is 0 Å². The average Bonchev–Trinajstić information content (AvgIpc) is 2.38. The fraction of sp³-hybridized carbons (Fsp3) is 0.133. The van der Waals surface area contributed by atoms with Crippen molar-refractivity contribution < 1.29 is 4.79 Å². The molecule has 5 N–H and O–H groups in total. The summed E-state index contributed by atoms with van der Waals surface area (Å²) in [6.07, 6.45) is 0. The molecule has 0 fully saturated rings. The van der Waals surface area contributed by atoms with Crippen LogP contribution in [-0.4, -0.2) is 5.91 Å². The number of nitrogens with two attached hydrogens (primary N) is 2. The van der Waals surface area contributed by atoms with Gasteiger partial charge in [0.15, 0.2) is 0 Å². The number of amides is 1. The Morgan fingerprint density at radius 2 is 1.95 bits per heavy atom. The van der Waals surface area contributed by atoms with Gasteiger partial charge in [-0.15, -0.1) is 0 Å². The zero-order chi connectivity index (χ0) is 14.7. The topological polar surface area (TPSA) is 81.1 Å². The Labute approximate surface area is 126 Å². The van der Waals surface area contributed by atoms with Crippen molar-refractivity contribution >= 4 is 33.2 Å². The largest absolute Gasteiger partial charge is 0.399 e. The van der Waals surface area contributed by atoms with E-state index < -0.39 is 5.91 Å². The van der Waals surface area contributed by atoms with Crippen LogP contribution >= 0.6 is 15.9 Å². The molecule has 4 nitrogen and oxygen atoms in total. The smallest absolute Gasteiger partial charge is 0.251 e. The van der Waals surface area contributed by atoms with Crippen molar-refractivity contribution in [1.29, 1.82) is 0 Å². The molecular weight excluding hydrogens is 318 g/mol. The van der Waals surface area contributed by atoms with Crippen LogP contribution in [0.4, 0.5) is 11.4 Å². The molecule has 2 aromatic rings. The third-order valence-corrected chi connectivity index (χ3v) is 3.70. The molecule has 1 amide bonds. The molecule has 0 radical (unpaired) electrons. The third kappa shape index (κ3) is 3.11. The van der Waals surface area contributed by atoms with Crippen molar-refractivity contribution in [3.8, 4) is 0 Å². The maximum absolute atomic E-state index is 11.5. The predicted octanol–water partition coefficient (Wildman–Crippen LogP) is 3.30. The maximum Gasteiger partial charge on any atom is 0.251 e. The summed E-state index contributed by atoms with van der Waals surface area (Å²) in [7, 11) is 0. The van der Waals surface area contributed by atoms with Gasteiger partial charge in [0.1, 0.15) is 0 Å². The minimum Gasteiger partial charge on any atom is -0.399 e. The van der Waals surface area contributed by atoms with Crippen LogP contribution in [0, 0.1) is 0 Å². The van der Waals surface area contributed by atoms with Gasteiger partial charge in [-0.2, -0.15) is 0 Å². The van der Waals surface area contributed by atoms with E-state index in [2.05, 4.69) is 21.2 Å². The second kappa shape index (κ2) is 5.96. The van der Waals surface area contributed by atoms with Gasteiger partial charge in [-0.25, -0.2) is 0 Å². The van der Waals surface area contributed by atoms with Crippen molar-refractivity contribution in [1.82, 2.24) is 0 Å². The number of benzene rings is 2. The number of halogens is 1. The number of anilines is 2. The number of carbonyl (C=O) groups is 1. The van der Waals surface area contributed by atoms with Crippen LogP contribution in [0.5, 0.6) is 0 Å². The Bertz CT molecular complexity index is 643. The first kappa shape index (κ1) is 14.4. The molecular formula is C15H16BrN3O. The summed E-state index contributed by atoms with van der Waals surface area (Å²) in [6.45, 7) is 2.00. The summed E-state index contributed by atoms with van der Waals surface area (Å²) in [4.78, 5) is 11.5. The molecule has 0 aliphatic heterocycles. The number of nitrogens with one attached hydrogen (secondary N) is 1. The number of hydrogen-bond acceptors (Lipinski definition) is 3. The van der Waals surface area contributed by atoms with Crippen LogP contribution < -0.4 is 16.8 Å². The molecule has 0 aliphatic rings. The Morgan fingerprint density at radius 3 is 2.60 bits per heavy atom. The van der Waals surface area contributed by atoms with Crippen molar-refractivity contribution in [2.75, 3.05) is 11.1 Å². The fourth-order valence-corrected chi connectivity index (χ4v) is 2.60. The molecule has 1 unspecified atom stereocenters. The summed E-state index contributed by atoms with van der Waals surface area (Å²) in [6, 6.07) is 13.1. The highest BCUT2D eigenvalue weighted by atomic mass is 79.9. The minimum absolute atomic E-state index is 0.00546. The van der Waals surface area contributed by atoms with Gasteiger partial charge in [0.05, 0.1) is 5.56 Å². The molecule has 2 aromatic carbocycles. The molecule has 0 bridgehead atoms. The predicted molar refractivity (Wildman–Crippen MR) is 85.6 cm³/mol. The van der Waals surface area contributed by atoms with Gasteiger partial charge in [-0.3, -0.25) is 4.79 Å². The van der Waals surface area contributed by atoms with Gasteiger partial charge in [0, 0.05) is 21.9 Å². The van der Waals surface area contributed by atoms with Crippen molar-refractivity contribution in [3.63, 3.8) is 0 Å². The second-order valence-corrected chi connectivity index (χ2v) is 5.42. The van der Waals surface area contributed by atoms with E-state index in [0.717, 1.165) is 5.56 Å². The zero-order valence-electron chi connectivity index (χ0n) is 11.1. The van der Waals surface area contributed by atoms with Crippen molar-refractivity contribution in [2.24, 2.45) is 5.73 Å². The molecule has 0 saturated heterocycles. The van der Waals surface area contributed by atoms with Crippen molar-refractivity contribution in [3.05, 3.63) is 58.1 Å². The van der Waals surface area contributed by atoms with Crippen LogP contribution in [0.1, 0.15) is 28.9 Å². The molecule has 0 heterocycles. The van der Waals surface area contributed by atoms with E-state index in [4.69, 9.17) is 11.5 Å². The summed E-state index contributed by atoms with van der Waals surface area (Å²) in [5.41, 5.74) is 14.1. The summed E-state index contributed by atoms with van der Waals surface area (Å²) >= 11 is 3.34. The quantitative estimate of drug-likeness (QED) is 0.751. The molecule has 0 saturated carbocycles. The summed E-state index contributed by atoms with van der Waals surface area (Å²) in [5.74, 6) is -0.472. The van der Waals surface area contributed by atoms with E-state index in [1.807, 2.05) is 43.3 Å². The Kier molecular flexibility index (Phi) is 4.29. The highest BCUT2D eigenvalue weighted by Gasteiger charge is 2.14. The van der Waals surface area contributed by atoms with Gasteiger partial charge in [-0.05, 0) is 52.7 Å². The number of rotatable bonds is 4. The molecule has 1 atom stereocenters. The Balaban J connectivity index is 2.30. The van der Waals surface area contributed by atoms with Crippen LogP contribution in [0.25, 0.3) is 0 Å². The minimum atomic E-state index is -0.472. The van der Waals surface area contributed by atoms with E-state index >= 15 is 0 Å². The Hall–Kier alpha value is -2.01. The normalized spacial score (nSPS) is 11.9. The highest BCUT2D eigenvalue weighted by molar-refractivity contribution is 9.10. The molecule has 20 heavy (non-hydrogen) atoms. The highest BCUT2D eigenvalue weighted by Crippen LogP contribution is 2.28. The molecule has 104 valence electrons. The molecule has 5 heteroatoms. The van der Waals surface area contributed by atoms with Gasteiger partial charge in [0.25, 0.3) is 5.91 Å². The number of carbonyl (C=O) groups excluding carboxylic acids is 1. The second-order valence-electron chi connectivity index (χ2n) is 4.56. The summed E-state index contributed by atoms with van der Waals surface area (Å²) < 4.78 is 0.676. The standard InChI is InChI=1S/C15H16BrN3O/c1-9(10-4-2-5-11(17)8-10)19-13-7-3-6-12(16)14(13)15(18)20/h2-9,19H,17H2,1H3,(H2,18,20). The zero-order valence-corrected chi connectivity index (χ0v) is 12.6. The number of nitrogen functional groups attached to an aromatic ring is 1. The lowest BCUT2D eigenvalue weighted by Crippen LogP contribution is -2.16. The van der Waals surface area contributed by atoms with E-state index in [1.165, 1.54) is 0 Å². The van der Waals surface area contributed by atoms with E-state index in [0.29, 0.717) is 21.4 Å². The van der Waals surface area contributed by atoms with Crippen LogP contribution in [0.15, 0.2) is 46.9 Å². The van der Waals surface area contributed by atoms with Gasteiger partial charge < -0.3 is 16.8 Å². The third-order valence-electron chi connectivity index (χ3n) is 3.04. The van der Waals surface area contributed by atoms with E-state index in [9.17, 15) is 4.79 Å². The lowest BCUT2D eigenvalue weighted by atomic mass is 10.1. The van der Waals surface area contributed by atoms with Gasteiger partial charge >= 0.3 is 0 Å². The van der Waals surface area contributed by atoms with E-state index in [-0.39, 0.29) is 6.04 Å². The molecule has 2 rings (SSSR count). The molecule has 0 aromatic heterocycles. The first-order chi connectivity index (χ1) is 9.49. The fourth-order valence-electron chi connectivity index (χ4n) is 2.04. The number of hydrogen-bond donors (Lipinski definition) is 3. The first-order valence-corrected chi connectivity index (χ1v) is 6.98. The maximum atomic E-state index is 11.5. The lowest BCUT2D eigenvalue weighted by molar-refractivity contribution is 0.100. The monoisotopic (exact) mass is 333 g/mol. The lowest BCUT2D eigenvalue weighted by Gasteiger charge is -2.18. The first-order valence-electron chi connectivity index (χ1n) is 6.19. The van der Waals surface area contributed by atoms with E-state index in [1.54, 1.807) is 6.07 Å². The Morgan fingerprint density at radius 1 is 1.25 bits per heavy atom. The summed E-state index contributed by atoms with van der Waals surface area (Å²) in [5, 5.41) is 3.29. The molecule has 0 aliphatic carbocycles. The number of primary amides is 1. The van der Waals surface area contributed by atoms with Crippen LogP contribution in [-0.2, 0) is 0 Å². The average molecular weight is 334 g/mol. The SMILES string of the molecule is CC(Nc1cccc(Br)c1C(N)=O)c1cccc(N)c1.